The van der Waals surface area contributed by atoms with Gasteiger partial charge < -0.3 is 14.2 Å². The molecular formula is C77H128O6. The zero-order chi connectivity index (χ0) is 59.9. The molecule has 0 bridgehead atoms. The highest BCUT2D eigenvalue weighted by Gasteiger charge is 2.19. The smallest absolute Gasteiger partial charge is 0.306 e. The summed E-state index contributed by atoms with van der Waals surface area (Å²) in [5.74, 6) is -0.907. The van der Waals surface area contributed by atoms with E-state index in [1.165, 1.54) is 135 Å². The highest BCUT2D eigenvalue weighted by molar-refractivity contribution is 5.71. The first kappa shape index (κ1) is 78.5. The Balaban J connectivity index is 4.29. The van der Waals surface area contributed by atoms with Gasteiger partial charge in [-0.05, 0) is 135 Å². The van der Waals surface area contributed by atoms with Crippen LogP contribution in [0, 0.1) is 0 Å². The maximum atomic E-state index is 12.9. The van der Waals surface area contributed by atoms with Crippen molar-refractivity contribution >= 4 is 17.9 Å². The van der Waals surface area contributed by atoms with Gasteiger partial charge in [-0.3, -0.25) is 14.4 Å². The lowest BCUT2D eigenvalue weighted by Crippen LogP contribution is -2.30. The Hall–Kier alpha value is -4.45. The Morgan fingerprint density at radius 2 is 0.482 bits per heavy atom. The van der Waals surface area contributed by atoms with Crippen LogP contribution < -0.4 is 0 Å². The molecule has 0 aromatic heterocycles. The lowest BCUT2D eigenvalue weighted by atomic mass is 10.0. The van der Waals surface area contributed by atoms with E-state index in [0.717, 1.165) is 141 Å². The van der Waals surface area contributed by atoms with Gasteiger partial charge >= 0.3 is 17.9 Å². The maximum absolute atomic E-state index is 12.9. The van der Waals surface area contributed by atoms with Crippen molar-refractivity contribution in [2.24, 2.45) is 0 Å². The molecule has 0 radical (unpaired) electrons. The minimum atomic E-state index is -0.794. The van der Waals surface area contributed by atoms with E-state index in [1.54, 1.807) is 0 Å². The third-order valence-corrected chi connectivity index (χ3v) is 14.6. The normalized spacial score (nSPS) is 13.0. The number of carbonyl (C=O) groups is 3. The van der Waals surface area contributed by atoms with Crippen molar-refractivity contribution in [1.82, 2.24) is 0 Å². The molecule has 1 atom stereocenters. The fourth-order valence-corrected chi connectivity index (χ4v) is 9.41. The largest absolute Gasteiger partial charge is 0.462 e. The number of hydrogen-bond acceptors (Lipinski definition) is 6. The SMILES string of the molecule is CC/C=C\C/C=C\C/C=C\C/C=C\C/C=C\C/C=C\C/C=C\CCCCCCCCCCCCCC(=O)OCC(COC(=O)CCCCCCC/C=C\C/C=C\CCCC)OC(=O)CCCCCCCCC/C=C\C/C=C\CCCCCC. The molecule has 0 amide bonds. The molecule has 1 unspecified atom stereocenters. The van der Waals surface area contributed by atoms with E-state index in [4.69, 9.17) is 14.2 Å². The maximum Gasteiger partial charge on any atom is 0.306 e. The minimum Gasteiger partial charge on any atom is -0.462 e. The van der Waals surface area contributed by atoms with Gasteiger partial charge in [0.2, 0.25) is 0 Å². The summed E-state index contributed by atoms with van der Waals surface area (Å²) in [6, 6.07) is 0. The first-order chi connectivity index (χ1) is 41.0. The molecule has 0 saturated heterocycles. The Morgan fingerprint density at radius 3 is 0.771 bits per heavy atom. The van der Waals surface area contributed by atoms with Gasteiger partial charge in [0, 0.05) is 19.3 Å². The fraction of sp³-hybridized carbons (Fsp3) is 0.675. The molecule has 0 aromatic carbocycles. The van der Waals surface area contributed by atoms with Crippen LogP contribution in [0.15, 0.2) is 134 Å². The zero-order valence-corrected chi connectivity index (χ0v) is 54.2. The average Bonchev–Trinajstić information content (AvgIpc) is 3.49. The van der Waals surface area contributed by atoms with Crippen LogP contribution >= 0.6 is 0 Å². The topological polar surface area (TPSA) is 78.9 Å². The quantitative estimate of drug-likeness (QED) is 0.0261. The Kier molecular flexibility index (Phi) is 66.3. The van der Waals surface area contributed by atoms with E-state index in [2.05, 4.69) is 154 Å². The van der Waals surface area contributed by atoms with Crippen LogP contribution in [0.5, 0.6) is 0 Å². The van der Waals surface area contributed by atoms with Crippen LogP contribution in [0.1, 0.15) is 316 Å². The van der Waals surface area contributed by atoms with Crippen LogP contribution in [0.3, 0.4) is 0 Å². The number of esters is 3. The van der Waals surface area contributed by atoms with Crippen LogP contribution in [0.4, 0.5) is 0 Å². The second kappa shape index (κ2) is 70.0. The Labute approximate surface area is 513 Å². The van der Waals surface area contributed by atoms with E-state index in [9.17, 15) is 14.4 Å². The van der Waals surface area contributed by atoms with Gasteiger partial charge in [-0.2, -0.15) is 0 Å². The zero-order valence-electron chi connectivity index (χ0n) is 54.2. The van der Waals surface area contributed by atoms with Crippen molar-refractivity contribution in [3.05, 3.63) is 134 Å². The average molecular weight is 1150 g/mol. The highest BCUT2D eigenvalue weighted by atomic mass is 16.6. The second-order valence-electron chi connectivity index (χ2n) is 22.7. The molecule has 0 saturated carbocycles. The van der Waals surface area contributed by atoms with Crippen molar-refractivity contribution in [2.45, 2.75) is 322 Å². The number of rotatable bonds is 62. The lowest BCUT2D eigenvalue weighted by Gasteiger charge is -2.18. The molecule has 0 aliphatic heterocycles. The molecule has 0 aliphatic rings. The van der Waals surface area contributed by atoms with E-state index in [1.807, 2.05) is 0 Å². The van der Waals surface area contributed by atoms with Gasteiger partial charge in [0.1, 0.15) is 13.2 Å². The number of hydrogen-bond donors (Lipinski definition) is 0. The predicted molar refractivity (Wildman–Crippen MR) is 362 cm³/mol. The predicted octanol–water partition coefficient (Wildman–Crippen LogP) is 24.1. The number of ether oxygens (including phenoxy) is 3. The Morgan fingerprint density at radius 1 is 0.253 bits per heavy atom. The van der Waals surface area contributed by atoms with Gasteiger partial charge in [0.25, 0.3) is 0 Å². The summed E-state index contributed by atoms with van der Waals surface area (Å²) in [6.07, 6.45) is 98.9. The van der Waals surface area contributed by atoms with Gasteiger partial charge in [-0.1, -0.05) is 296 Å². The van der Waals surface area contributed by atoms with Gasteiger partial charge in [0.05, 0.1) is 0 Å². The third kappa shape index (κ3) is 68.2. The van der Waals surface area contributed by atoms with Crippen LogP contribution in [0.25, 0.3) is 0 Å². The second-order valence-corrected chi connectivity index (χ2v) is 22.7. The first-order valence-electron chi connectivity index (χ1n) is 34.7. The molecule has 6 nitrogen and oxygen atoms in total. The highest BCUT2D eigenvalue weighted by Crippen LogP contribution is 2.16. The van der Waals surface area contributed by atoms with E-state index < -0.39 is 6.10 Å². The standard InChI is InChI=1S/C77H128O6/c1-4-7-10-13-16-19-22-25-28-30-32-33-34-35-36-37-38-39-40-41-42-43-44-45-46-48-49-52-55-58-61-64-67-70-76(79)82-73-74(72-81-75(78)69-66-63-60-57-54-51-27-24-21-18-15-12-9-6-3)83-77(80)71-68-65-62-59-56-53-50-47-31-29-26-23-20-17-14-11-8-5-2/h7,10,15-16,18-20,23-25,27-29,31-33,35-36,38-39,41-42,74H,4-6,8-9,11-14,17,21-22,26,30,34,37,40,43-73H2,1-3H3/b10-7-,18-15-,19-16-,23-20-,27-24-,28-25-,31-29-,33-32-,36-35-,39-38-,42-41-. The van der Waals surface area contributed by atoms with Crippen LogP contribution in [-0.4, -0.2) is 37.2 Å². The number of carbonyl (C=O) groups excluding carboxylic acids is 3. The summed E-state index contributed by atoms with van der Waals surface area (Å²) in [5.41, 5.74) is 0. The molecule has 6 heteroatoms. The van der Waals surface area contributed by atoms with Crippen molar-refractivity contribution in [2.75, 3.05) is 13.2 Å². The summed E-state index contributed by atoms with van der Waals surface area (Å²) in [6.45, 7) is 6.47. The molecule has 0 aromatic rings. The summed E-state index contributed by atoms with van der Waals surface area (Å²) in [7, 11) is 0. The molecule has 0 heterocycles. The lowest BCUT2D eigenvalue weighted by molar-refractivity contribution is -0.167. The molecule has 83 heavy (non-hydrogen) atoms. The van der Waals surface area contributed by atoms with E-state index in [-0.39, 0.29) is 31.1 Å². The fourth-order valence-electron chi connectivity index (χ4n) is 9.41. The summed E-state index contributed by atoms with van der Waals surface area (Å²) < 4.78 is 16.9. The molecule has 0 fully saturated rings. The van der Waals surface area contributed by atoms with Crippen molar-refractivity contribution in [1.29, 1.82) is 0 Å². The summed E-state index contributed by atoms with van der Waals surface area (Å²) in [5, 5.41) is 0. The number of unbranched alkanes of at least 4 members (excludes halogenated alkanes) is 29. The first-order valence-corrected chi connectivity index (χ1v) is 34.7. The molecule has 0 N–H and O–H groups in total. The minimum absolute atomic E-state index is 0.0891. The molecule has 472 valence electrons. The third-order valence-electron chi connectivity index (χ3n) is 14.6. The van der Waals surface area contributed by atoms with Crippen molar-refractivity contribution in [3.63, 3.8) is 0 Å². The Bertz CT molecular complexity index is 1750. The monoisotopic (exact) mass is 1150 g/mol. The van der Waals surface area contributed by atoms with Gasteiger partial charge in [-0.15, -0.1) is 0 Å². The molecular weight excluding hydrogens is 1020 g/mol. The van der Waals surface area contributed by atoms with E-state index >= 15 is 0 Å². The molecule has 0 aliphatic carbocycles. The van der Waals surface area contributed by atoms with Crippen molar-refractivity contribution < 1.29 is 28.6 Å². The van der Waals surface area contributed by atoms with E-state index in [0.29, 0.717) is 19.3 Å². The van der Waals surface area contributed by atoms with Crippen molar-refractivity contribution in [3.8, 4) is 0 Å². The van der Waals surface area contributed by atoms with Gasteiger partial charge in [0.15, 0.2) is 6.10 Å². The molecule has 0 spiro atoms. The van der Waals surface area contributed by atoms with Crippen LogP contribution in [-0.2, 0) is 28.6 Å². The molecule has 0 rings (SSSR count). The number of allylic oxidation sites excluding steroid dienone is 22. The van der Waals surface area contributed by atoms with Crippen LogP contribution in [0.2, 0.25) is 0 Å². The van der Waals surface area contributed by atoms with Gasteiger partial charge in [-0.25, -0.2) is 0 Å². The summed E-state index contributed by atoms with van der Waals surface area (Å²) in [4.78, 5) is 38.4. The summed E-state index contributed by atoms with van der Waals surface area (Å²) >= 11 is 0.